The summed E-state index contributed by atoms with van der Waals surface area (Å²) in [4.78, 5) is 12.0. The second kappa shape index (κ2) is 8.34. The number of halogens is 1. The molecule has 0 spiro atoms. The molecule has 0 saturated heterocycles. The highest BCUT2D eigenvalue weighted by Gasteiger charge is 2.15. The van der Waals surface area contributed by atoms with E-state index in [0.29, 0.717) is 17.7 Å². The molecule has 1 rings (SSSR count). The molecule has 0 atom stereocenters. The molecular weight excluding hydrogens is 257 g/mol. The smallest absolute Gasteiger partial charge is 0.227 e. The van der Waals surface area contributed by atoms with Crippen LogP contribution >= 0.6 is 0 Å². The Morgan fingerprint density at radius 1 is 1.40 bits per heavy atom. The fourth-order valence-electron chi connectivity index (χ4n) is 1.84. The second-order valence-electron chi connectivity index (χ2n) is 4.47. The molecular formula is C16H20FNO2. The van der Waals surface area contributed by atoms with Gasteiger partial charge < -0.3 is 10.4 Å². The largest absolute Gasteiger partial charge is 0.395 e. The van der Waals surface area contributed by atoms with Crippen molar-refractivity contribution in [3.8, 4) is 11.8 Å². The normalized spacial score (nSPS) is 10.1. The number of benzene rings is 1. The molecule has 1 aromatic rings. The monoisotopic (exact) mass is 277 g/mol. The Morgan fingerprint density at radius 2 is 2.10 bits per heavy atom. The van der Waals surface area contributed by atoms with Gasteiger partial charge in [0.1, 0.15) is 5.82 Å². The van der Waals surface area contributed by atoms with Crippen molar-refractivity contribution in [2.24, 2.45) is 5.92 Å². The Morgan fingerprint density at radius 3 is 2.70 bits per heavy atom. The lowest BCUT2D eigenvalue weighted by Crippen LogP contribution is -2.22. The maximum absolute atomic E-state index is 13.3. The minimum Gasteiger partial charge on any atom is -0.395 e. The number of nitrogens with one attached hydrogen (secondary N) is 1. The van der Waals surface area contributed by atoms with Gasteiger partial charge in [-0.25, -0.2) is 4.39 Å². The summed E-state index contributed by atoms with van der Waals surface area (Å²) >= 11 is 0. The van der Waals surface area contributed by atoms with E-state index in [4.69, 9.17) is 5.11 Å². The first kappa shape index (κ1) is 16.2. The molecule has 20 heavy (non-hydrogen) atoms. The quantitative estimate of drug-likeness (QED) is 0.813. The zero-order valence-electron chi connectivity index (χ0n) is 11.9. The van der Waals surface area contributed by atoms with Crippen LogP contribution in [0.25, 0.3) is 0 Å². The van der Waals surface area contributed by atoms with Gasteiger partial charge in [0.25, 0.3) is 0 Å². The molecule has 108 valence electrons. The van der Waals surface area contributed by atoms with Crippen LogP contribution in [0.1, 0.15) is 38.7 Å². The number of anilines is 1. The lowest BCUT2D eigenvalue weighted by Gasteiger charge is -2.13. The summed E-state index contributed by atoms with van der Waals surface area (Å²) in [5.41, 5.74) is 0.937. The van der Waals surface area contributed by atoms with Crippen molar-refractivity contribution in [3.63, 3.8) is 0 Å². The van der Waals surface area contributed by atoms with Crippen LogP contribution in [0.15, 0.2) is 18.2 Å². The van der Waals surface area contributed by atoms with Gasteiger partial charge in [0, 0.05) is 12.3 Å². The van der Waals surface area contributed by atoms with Gasteiger partial charge >= 0.3 is 0 Å². The lowest BCUT2D eigenvalue weighted by atomic mass is 10.0. The molecule has 0 aliphatic carbocycles. The van der Waals surface area contributed by atoms with Gasteiger partial charge in [-0.05, 0) is 31.0 Å². The van der Waals surface area contributed by atoms with E-state index in [1.54, 1.807) is 0 Å². The lowest BCUT2D eigenvalue weighted by molar-refractivity contribution is -0.120. The summed E-state index contributed by atoms with van der Waals surface area (Å²) in [6.07, 6.45) is 1.83. The number of amides is 1. The zero-order valence-corrected chi connectivity index (χ0v) is 11.9. The van der Waals surface area contributed by atoms with Crippen LogP contribution < -0.4 is 5.32 Å². The van der Waals surface area contributed by atoms with Crippen LogP contribution in [0.2, 0.25) is 0 Å². The van der Waals surface area contributed by atoms with Gasteiger partial charge in [0.05, 0.1) is 17.9 Å². The predicted molar refractivity (Wildman–Crippen MR) is 77.7 cm³/mol. The third-order valence-electron chi connectivity index (χ3n) is 3.06. The number of carbonyl (C=O) groups excluding carboxylic acids is 1. The van der Waals surface area contributed by atoms with Gasteiger partial charge in [0.2, 0.25) is 5.91 Å². The standard InChI is InChI=1S/C16H20FNO2/c1-3-12(4-2)16(20)18-15-9-8-14(17)11-13(15)7-5-6-10-19/h8-9,11-12,19H,3-4,6,10H2,1-2H3,(H,18,20). The van der Waals surface area contributed by atoms with Crippen molar-refractivity contribution in [2.45, 2.75) is 33.1 Å². The molecule has 0 fully saturated rings. The van der Waals surface area contributed by atoms with Crippen molar-refractivity contribution >= 4 is 11.6 Å². The summed E-state index contributed by atoms with van der Waals surface area (Å²) < 4.78 is 13.3. The van der Waals surface area contributed by atoms with E-state index < -0.39 is 5.82 Å². The number of carbonyl (C=O) groups is 1. The number of rotatable bonds is 5. The van der Waals surface area contributed by atoms with Crippen LogP contribution in [0.3, 0.4) is 0 Å². The number of hydrogen-bond donors (Lipinski definition) is 2. The van der Waals surface area contributed by atoms with E-state index in [0.717, 1.165) is 12.8 Å². The van der Waals surface area contributed by atoms with Crippen LogP contribution in [-0.2, 0) is 4.79 Å². The van der Waals surface area contributed by atoms with Gasteiger partial charge in [-0.2, -0.15) is 0 Å². The van der Waals surface area contributed by atoms with Crippen molar-refractivity contribution < 1.29 is 14.3 Å². The third kappa shape index (κ3) is 4.67. The summed E-state index contributed by atoms with van der Waals surface area (Å²) in [5.74, 6) is 4.96. The van der Waals surface area contributed by atoms with Crippen LogP contribution in [0.5, 0.6) is 0 Å². The molecule has 4 heteroatoms. The molecule has 0 radical (unpaired) electrons. The fraction of sp³-hybridized carbons (Fsp3) is 0.438. The van der Waals surface area contributed by atoms with Crippen LogP contribution in [-0.4, -0.2) is 17.6 Å². The molecule has 0 aliphatic rings. The van der Waals surface area contributed by atoms with E-state index >= 15 is 0 Å². The summed E-state index contributed by atoms with van der Waals surface area (Å²) in [5, 5.41) is 11.5. The van der Waals surface area contributed by atoms with Gasteiger partial charge in [0.15, 0.2) is 0 Å². The Balaban J connectivity index is 2.95. The average Bonchev–Trinajstić information content (AvgIpc) is 2.43. The zero-order chi connectivity index (χ0) is 15.0. The topological polar surface area (TPSA) is 49.3 Å². The minimum atomic E-state index is -0.404. The molecule has 0 heterocycles. The molecule has 1 aromatic carbocycles. The van der Waals surface area contributed by atoms with Crippen LogP contribution in [0.4, 0.5) is 10.1 Å². The first-order valence-corrected chi connectivity index (χ1v) is 6.82. The Kier molecular flexibility index (Phi) is 6.75. The molecule has 0 aromatic heterocycles. The molecule has 2 N–H and O–H groups in total. The molecule has 0 bridgehead atoms. The first-order chi connectivity index (χ1) is 9.62. The second-order valence-corrected chi connectivity index (χ2v) is 4.47. The van der Waals surface area contributed by atoms with E-state index in [2.05, 4.69) is 17.2 Å². The first-order valence-electron chi connectivity index (χ1n) is 6.82. The number of hydrogen-bond acceptors (Lipinski definition) is 2. The average molecular weight is 277 g/mol. The maximum atomic E-state index is 13.3. The molecule has 0 unspecified atom stereocenters. The van der Waals surface area contributed by atoms with Crippen LogP contribution in [0, 0.1) is 23.6 Å². The molecule has 1 amide bonds. The third-order valence-corrected chi connectivity index (χ3v) is 3.06. The molecule has 0 aliphatic heterocycles. The van der Waals surface area contributed by atoms with Crippen molar-refractivity contribution in [3.05, 3.63) is 29.6 Å². The van der Waals surface area contributed by atoms with E-state index in [1.165, 1.54) is 18.2 Å². The highest BCUT2D eigenvalue weighted by Crippen LogP contribution is 2.18. The van der Waals surface area contributed by atoms with E-state index in [1.807, 2.05) is 13.8 Å². The SMILES string of the molecule is CCC(CC)C(=O)Nc1ccc(F)cc1C#CCCO. The Hall–Kier alpha value is -1.86. The number of aliphatic hydroxyl groups excluding tert-OH is 1. The number of aliphatic hydroxyl groups is 1. The summed E-state index contributed by atoms with van der Waals surface area (Å²) in [6, 6.07) is 4.09. The van der Waals surface area contributed by atoms with Crippen molar-refractivity contribution in [2.75, 3.05) is 11.9 Å². The minimum absolute atomic E-state index is 0.0439. The Labute approximate surface area is 119 Å². The molecule has 3 nitrogen and oxygen atoms in total. The molecule has 0 saturated carbocycles. The highest BCUT2D eigenvalue weighted by atomic mass is 19.1. The Bertz CT molecular complexity index is 513. The maximum Gasteiger partial charge on any atom is 0.227 e. The van der Waals surface area contributed by atoms with Gasteiger partial charge in [-0.3, -0.25) is 4.79 Å². The van der Waals surface area contributed by atoms with Gasteiger partial charge in [-0.1, -0.05) is 25.7 Å². The predicted octanol–water partition coefficient (Wildman–Crippen LogP) is 2.93. The van der Waals surface area contributed by atoms with Crippen molar-refractivity contribution in [1.82, 2.24) is 0 Å². The van der Waals surface area contributed by atoms with Crippen molar-refractivity contribution in [1.29, 1.82) is 0 Å². The summed E-state index contributed by atoms with van der Waals surface area (Å²) in [7, 11) is 0. The highest BCUT2D eigenvalue weighted by molar-refractivity contribution is 5.93. The van der Waals surface area contributed by atoms with E-state index in [-0.39, 0.29) is 18.4 Å². The summed E-state index contributed by atoms with van der Waals surface area (Å²) in [6.45, 7) is 3.87. The van der Waals surface area contributed by atoms with Gasteiger partial charge in [-0.15, -0.1) is 0 Å². The van der Waals surface area contributed by atoms with E-state index in [9.17, 15) is 9.18 Å². The fourth-order valence-corrected chi connectivity index (χ4v) is 1.84.